The number of hydrogen-bond donors (Lipinski definition) is 1. The number of nitrogens with zero attached hydrogens (tertiary/aromatic N) is 1. The van der Waals surface area contributed by atoms with Gasteiger partial charge in [-0.25, -0.2) is 4.98 Å². The van der Waals surface area contributed by atoms with E-state index in [9.17, 15) is 4.79 Å². The van der Waals surface area contributed by atoms with Gasteiger partial charge in [0, 0.05) is 11.4 Å². The summed E-state index contributed by atoms with van der Waals surface area (Å²) in [5, 5.41) is 4.43. The van der Waals surface area contributed by atoms with Crippen molar-refractivity contribution >= 4 is 22.4 Å². The molecule has 1 saturated carbocycles. The Morgan fingerprint density at radius 1 is 1.38 bits per heavy atom. The number of ether oxygens (including phenoxy) is 1. The fraction of sp³-hybridized carbons (Fsp3) is 0.750. The van der Waals surface area contributed by atoms with E-state index in [1.165, 1.54) is 30.6 Å². The minimum atomic E-state index is -0.146. The van der Waals surface area contributed by atoms with Crippen molar-refractivity contribution < 1.29 is 9.53 Å². The van der Waals surface area contributed by atoms with Crippen LogP contribution in [0.15, 0.2) is 0 Å². The van der Waals surface area contributed by atoms with E-state index in [1.54, 1.807) is 11.3 Å². The number of hydrogen-bond acceptors (Lipinski definition) is 5. The van der Waals surface area contributed by atoms with Gasteiger partial charge in [-0.15, -0.1) is 11.3 Å². The van der Waals surface area contributed by atoms with Gasteiger partial charge >= 0.3 is 5.97 Å². The Hall–Kier alpha value is -1.10. The Kier molecular flexibility index (Phi) is 4.78. The van der Waals surface area contributed by atoms with Gasteiger partial charge in [-0.1, -0.05) is 19.3 Å². The molecule has 0 bridgehead atoms. The number of carbonyl (C=O) groups excluding carboxylic acids is 1. The van der Waals surface area contributed by atoms with E-state index < -0.39 is 0 Å². The van der Waals surface area contributed by atoms with Crippen LogP contribution >= 0.6 is 11.3 Å². The second-order valence-corrected chi connectivity index (χ2v) is 7.12. The first-order valence-electron chi connectivity index (χ1n) is 8.18. The highest BCUT2D eigenvalue weighted by atomic mass is 32.1. The van der Waals surface area contributed by atoms with Crippen molar-refractivity contribution in [1.82, 2.24) is 4.98 Å². The zero-order chi connectivity index (χ0) is 14.7. The lowest BCUT2D eigenvalue weighted by Crippen LogP contribution is -2.20. The molecule has 4 nitrogen and oxygen atoms in total. The third-order valence-electron chi connectivity index (χ3n) is 4.58. The van der Waals surface area contributed by atoms with E-state index >= 15 is 0 Å². The molecule has 0 amide bonds. The molecular formula is C16H24N2O2S. The van der Waals surface area contributed by atoms with Crippen molar-refractivity contribution in [1.29, 1.82) is 0 Å². The predicted octanol–water partition coefficient (Wildman–Crippen LogP) is 3.73. The fourth-order valence-electron chi connectivity index (χ4n) is 3.13. The molecule has 21 heavy (non-hydrogen) atoms. The average Bonchev–Trinajstić information content (AvgIpc) is 2.84. The van der Waals surface area contributed by atoms with Crippen LogP contribution in [-0.2, 0) is 16.0 Å². The van der Waals surface area contributed by atoms with Crippen LogP contribution in [0.2, 0.25) is 0 Å². The molecule has 0 spiro atoms. The lowest BCUT2D eigenvalue weighted by atomic mass is 9.83. The molecule has 1 heterocycles. The summed E-state index contributed by atoms with van der Waals surface area (Å²) < 4.78 is 5.19. The molecular weight excluding hydrogens is 284 g/mol. The van der Waals surface area contributed by atoms with Crippen LogP contribution < -0.4 is 5.32 Å². The molecule has 1 aromatic heterocycles. The second-order valence-electron chi connectivity index (χ2n) is 6.04. The fourth-order valence-corrected chi connectivity index (χ4v) is 4.22. The van der Waals surface area contributed by atoms with Gasteiger partial charge in [0.1, 0.15) is 5.92 Å². The standard InChI is InChI=1S/C16H24N2O2S/c1-2-20-15(19)12-7-4-8-13-14(12)18-16(21-13)17-10-9-11-5-3-6-11/h11-12H,2-10H2,1H3,(H,17,18). The molecule has 1 N–H and O–H groups in total. The minimum absolute atomic E-state index is 0.107. The second kappa shape index (κ2) is 6.77. The van der Waals surface area contributed by atoms with Crippen LogP contribution in [0.25, 0.3) is 0 Å². The SMILES string of the molecule is CCOC(=O)C1CCCc2sc(NCCC3CCC3)nc21. The van der Waals surface area contributed by atoms with Crippen LogP contribution in [0, 0.1) is 5.92 Å². The Bertz CT molecular complexity index is 496. The summed E-state index contributed by atoms with van der Waals surface area (Å²) in [5.74, 6) is 0.663. The lowest BCUT2D eigenvalue weighted by Gasteiger charge is -2.24. The van der Waals surface area contributed by atoms with E-state index in [1.807, 2.05) is 6.92 Å². The van der Waals surface area contributed by atoms with Crippen molar-refractivity contribution in [3.8, 4) is 0 Å². The molecule has 0 saturated heterocycles. The highest BCUT2D eigenvalue weighted by Crippen LogP contribution is 2.37. The quantitative estimate of drug-likeness (QED) is 0.814. The third-order valence-corrected chi connectivity index (χ3v) is 5.67. The van der Waals surface area contributed by atoms with Gasteiger partial charge < -0.3 is 10.1 Å². The van der Waals surface area contributed by atoms with Gasteiger partial charge in [0.2, 0.25) is 0 Å². The van der Waals surface area contributed by atoms with Crippen molar-refractivity contribution in [2.24, 2.45) is 5.92 Å². The zero-order valence-corrected chi connectivity index (χ0v) is 13.5. The summed E-state index contributed by atoms with van der Waals surface area (Å²) in [6.45, 7) is 3.30. The van der Waals surface area contributed by atoms with E-state index in [2.05, 4.69) is 10.3 Å². The van der Waals surface area contributed by atoms with Crippen molar-refractivity contribution in [2.45, 2.75) is 57.8 Å². The van der Waals surface area contributed by atoms with Crippen LogP contribution in [0.4, 0.5) is 5.13 Å². The molecule has 0 aromatic carbocycles. The number of rotatable bonds is 6. The first-order valence-corrected chi connectivity index (χ1v) is 8.99. The third kappa shape index (κ3) is 3.39. The predicted molar refractivity (Wildman–Crippen MR) is 84.9 cm³/mol. The van der Waals surface area contributed by atoms with Crippen LogP contribution in [0.5, 0.6) is 0 Å². The van der Waals surface area contributed by atoms with E-state index in [-0.39, 0.29) is 11.9 Å². The molecule has 1 unspecified atom stereocenters. The largest absolute Gasteiger partial charge is 0.465 e. The number of nitrogens with one attached hydrogen (secondary N) is 1. The van der Waals surface area contributed by atoms with Crippen LogP contribution in [0.3, 0.4) is 0 Å². The number of thiazole rings is 1. The topological polar surface area (TPSA) is 51.2 Å². The smallest absolute Gasteiger partial charge is 0.315 e. The summed E-state index contributed by atoms with van der Waals surface area (Å²) in [5.41, 5.74) is 0.968. The van der Waals surface area contributed by atoms with E-state index in [0.717, 1.165) is 42.6 Å². The number of anilines is 1. The molecule has 1 fully saturated rings. The van der Waals surface area contributed by atoms with Crippen molar-refractivity contribution in [3.63, 3.8) is 0 Å². The average molecular weight is 308 g/mol. The van der Waals surface area contributed by atoms with Crippen LogP contribution in [0.1, 0.15) is 61.9 Å². The number of aromatic nitrogens is 1. The maximum absolute atomic E-state index is 12.0. The highest BCUT2D eigenvalue weighted by molar-refractivity contribution is 7.15. The van der Waals surface area contributed by atoms with Gasteiger partial charge in [0.05, 0.1) is 12.3 Å². The molecule has 3 rings (SSSR count). The van der Waals surface area contributed by atoms with Gasteiger partial charge in [-0.3, -0.25) is 4.79 Å². The Morgan fingerprint density at radius 3 is 2.95 bits per heavy atom. The van der Waals surface area contributed by atoms with Gasteiger partial charge in [0.25, 0.3) is 0 Å². The van der Waals surface area contributed by atoms with Crippen molar-refractivity contribution in [2.75, 3.05) is 18.5 Å². The first kappa shape index (κ1) is 14.8. The zero-order valence-electron chi connectivity index (χ0n) is 12.7. The monoisotopic (exact) mass is 308 g/mol. The Morgan fingerprint density at radius 2 is 2.24 bits per heavy atom. The molecule has 0 aliphatic heterocycles. The minimum Gasteiger partial charge on any atom is -0.465 e. The Labute approximate surface area is 130 Å². The summed E-state index contributed by atoms with van der Waals surface area (Å²) in [7, 11) is 0. The summed E-state index contributed by atoms with van der Waals surface area (Å²) in [6.07, 6.45) is 8.40. The summed E-state index contributed by atoms with van der Waals surface area (Å²) >= 11 is 1.72. The highest BCUT2D eigenvalue weighted by Gasteiger charge is 2.31. The number of aryl methyl sites for hydroxylation is 1. The molecule has 0 radical (unpaired) electrons. The molecule has 1 aromatic rings. The van der Waals surface area contributed by atoms with Gasteiger partial charge in [0.15, 0.2) is 5.13 Å². The van der Waals surface area contributed by atoms with E-state index in [0.29, 0.717) is 6.61 Å². The molecule has 2 aliphatic rings. The molecule has 5 heteroatoms. The van der Waals surface area contributed by atoms with Gasteiger partial charge in [-0.05, 0) is 38.5 Å². The molecule has 1 atom stereocenters. The number of esters is 1. The number of carbonyl (C=O) groups is 1. The summed E-state index contributed by atoms with van der Waals surface area (Å²) in [4.78, 5) is 18.0. The van der Waals surface area contributed by atoms with Gasteiger partial charge in [-0.2, -0.15) is 0 Å². The molecule has 116 valence electrons. The van der Waals surface area contributed by atoms with Crippen molar-refractivity contribution in [3.05, 3.63) is 10.6 Å². The lowest BCUT2D eigenvalue weighted by molar-refractivity contribution is -0.145. The maximum Gasteiger partial charge on any atom is 0.315 e. The molecule has 2 aliphatic carbocycles. The van der Waals surface area contributed by atoms with Crippen LogP contribution in [-0.4, -0.2) is 24.1 Å². The number of fused-ring (bicyclic) bond motifs is 1. The Balaban J connectivity index is 1.61. The first-order chi connectivity index (χ1) is 10.3. The van der Waals surface area contributed by atoms with E-state index in [4.69, 9.17) is 4.74 Å². The maximum atomic E-state index is 12.0. The normalized spacial score (nSPS) is 21.5. The summed E-state index contributed by atoms with van der Waals surface area (Å²) in [6, 6.07) is 0.